The first kappa shape index (κ1) is 20.4. The third-order valence-electron chi connectivity index (χ3n) is 5.33. The Bertz CT molecular complexity index is 1130. The van der Waals surface area contributed by atoms with Crippen LogP contribution in [0.1, 0.15) is 33.0 Å². The number of anilines is 1. The molecule has 3 nitrogen and oxygen atoms in total. The molecular weight excluding hydrogens is 382 g/mol. The zero-order chi connectivity index (χ0) is 21.5. The van der Waals surface area contributed by atoms with Gasteiger partial charge in [-0.3, -0.25) is 4.79 Å². The van der Waals surface area contributed by atoms with Gasteiger partial charge in [0, 0.05) is 5.56 Å². The Kier molecular flexibility index (Phi) is 6.44. The van der Waals surface area contributed by atoms with Gasteiger partial charge in [-0.05, 0) is 35.2 Å². The lowest BCUT2D eigenvalue weighted by Crippen LogP contribution is -2.16. The largest absolute Gasteiger partial charge is 0.487 e. The van der Waals surface area contributed by atoms with Gasteiger partial charge in [0.2, 0.25) is 0 Å². The molecule has 4 aromatic carbocycles. The van der Waals surface area contributed by atoms with E-state index in [1.54, 1.807) is 0 Å². The van der Waals surface area contributed by atoms with Gasteiger partial charge in [-0.2, -0.15) is 0 Å². The fourth-order valence-electron chi connectivity index (χ4n) is 3.65. The van der Waals surface area contributed by atoms with Gasteiger partial charge in [-0.25, -0.2) is 0 Å². The smallest absolute Gasteiger partial charge is 0.170 e. The van der Waals surface area contributed by atoms with Crippen molar-refractivity contribution in [1.29, 1.82) is 0 Å². The van der Waals surface area contributed by atoms with Crippen LogP contribution < -0.4 is 10.5 Å². The Labute approximate surface area is 183 Å². The zero-order valence-corrected chi connectivity index (χ0v) is 17.3. The number of carbonyl (C=O) groups excluding carboxylic acids is 1. The molecular formula is C28H25NO2. The van der Waals surface area contributed by atoms with Gasteiger partial charge in [0.15, 0.2) is 5.78 Å². The minimum Gasteiger partial charge on any atom is -0.487 e. The van der Waals surface area contributed by atoms with Crippen LogP contribution in [-0.2, 0) is 13.0 Å². The molecule has 0 saturated heterocycles. The first-order chi connectivity index (χ1) is 15.2. The average molecular weight is 408 g/mol. The van der Waals surface area contributed by atoms with Crippen molar-refractivity contribution in [3.8, 4) is 5.75 Å². The van der Waals surface area contributed by atoms with E-state index in [0.717, 1.165) is 16.7 Å². The molecule has 1 atom stereocenters. The van der Waals surface area contributed by atoms with Crippen molar-refractivity contribution in [1.82, 2.24) is 0 Å². The van der Waals surface area contributed by atoms with E-state index in [9.17, 15) is 4.79 Å². The highest BCUT2D eigenvalue weighted by Crippen LogP contribution is 2.29. The third kappa shape index (κ3) is 5.20. The van der Waals surface area contributed by atoms with Gasteiger partial charge in [-0.1, -0.05) is 97.1 Å². The van der Waals surface area contributed by atoms with Crippen molar-refractivity contribution >= 4 is 11.5 Å². The summed E-state index contributed by atoms with van der Waals surface area (Å²) in [6, 6.07) is 35.1. The number of rotatable bonds is 8. The maximum absolute atomic E-state index is 13.4. The zero-order valence-electron chi connectivity index (χ0n) is 17.3. The number of hydrogen-bond acceptors (Lipinski definition) is 3. The van der Waals surface area contributed by atoms with Crippen LogP contribution in [0.2, 0.25) is 0 Å². The van der Waals surface area contributed by atoms with Crippen molar-refractivity contribution < 1.29 is 9.53 Å². The minimum absolute atomic E-state index is 0.107. The van der Waals surface area contributed by atoms with Crippen molar-refractivity contribution in [2.24, 2.45) is 0 Å². The minimum atomic E-state index is -0.283. The summed E-state index contributed by atoms with van der Waals surface area (Å²) in [6.45, 7) is 0.444. The molecule has 0 aromatic heterocycles. The Morgan fingerprint density at radius 1 is 0.742 bits per heavy atom. The predicted octanol–water partition coefficient (Wildman–Crippen LogP) is 6.06. The summed E-state index contributed by atoms with van der Waals surface area (Å²) >= 11 is 0. The van der Waals surface area contributed by atoms with Gasteiger partial charge in [0.25, 0.3) is 0 Å². The van der Waals surface area contributed by atoms with Crippen LogP contribution >= 0.6 is 0 Å². The maximum Gasteiger partial charge on any atom is 0.170 e. The van der Waals surface area contributed by atoms with E-state index >= 15 is 0 Å². The van der Waals surface area contributed by atoms with Crippen molar-refractivity contribution in [2.45, 2.75) is 18.9 Å². The quantitative estimate of drug-likeness (QED) is 0.285. The van der Waals surface area contributed by atoms with Gasteiger partial charge in [0.1, 0.15) is 12.4 Å². The molecule has 4 aromatic rings. The SMILES string of the molecule is Nc1ccc(CC(C(=O)c2ccccc2)c2ccccc2)cc1OCc1ccccc1. The van der Waals surface area contributed by atoms with Crippen molar-refractivity contribution in [3.05, 3.63) is 131 Å². The lowest BCUT2D eigenvalue weighted by atomic mass is 9.85. The summed E-state index contributed by atoms with van der Waals surface area (Å²) in [5.74, 6) is 0.463. The molecule has 0 heterocycles. The molecule has 0 aliphatic heterocycles. The molecule has 0 spiro atoms. The maximum atomic E-state index is 13.4. The fraction of sp³-hybridized carbons (Fsp3) is 0.107. The average Bonchev–Trinajstić information content (AvgIpc) is 2.84. The second-order valence-corrected chi connectivity index (χ2v) is 7.54. The second-order valence-electron chi connectivity index (χ2n) is 7.54. The standard InChI is InChI=1S/C28H25NO2/c29-26-17-16-22(19-27(26)31-20-21-10-4-1-5-11-21)18-25(23-12-6-2-7-13-23)28(30)24-14-8-3-9-15-24/h1-17,19,25H,18,20,29H2. The number of nitrogen functional groups attached to an aromatic ring is 1. The van der Waals surface area contributed by atoms with E-state index in [4.69, 9.17) is 10.5 Å². The number of nitrogens with two attached hydrogens (primary N) is 1. The highest BCUT2D eigenvalue weighted by Gasteiger charge is 2.22. The van der Waals surface area contributed by atoms with E-state index in [2.05, 4.69) is 0 Å². The monoisotopic (exact) mass is 407 g/mol. The molecule has 4 rings (SSSR count). The van der Waals surface area contributed by atoms with Crippen LogP contribution in [0, 0.1) is 0 Å². The molecule has 2 N–H and O–H groups in total. The molecule has 0 aliphatic carbocycles. The first-order valence-electron chi connectivity index (χ1n) is 10.4. The summed E-state index contributed by atoms with van der Waals surface area (Å²) in [5, 5.41) is 0. The molecule has 1 unspecified atom stereocenters. The van der Waals surface area contributed by atoms with E-state index in [1.165, 1.54) is 0 Å². The number of hydrogen-bond donors (Lipinski definition) is 1. The molecule has 0 amide bonds. The van der Waals surface area contributed by atoms with Gasteiger partial charge in [0.05, 0.1) is 11.6 Å². The molecule has 3 heteroatoms. The van der Waals surface area contributed by atoms with Gasteiger partial charge >= 0.3 is 0 Å². The normalized spacial score (nSPS) is 11.6. The number of ether oxygens (including phenoxy) is 1. The molecule has 0 aliphatic rings. The summed E-state index contributed by atoms with van der Waals surface area (Å²) in [7, 11) is 0. The summed E-state index contributed by atoms with van der Waals surface area (Å²) in [4.78, 5) is 13.4. The van der Waals surface area contributed by atoms with Crippen LogP contribution in [0.4, 0.5) is 5.69 Å². The highest BCUT2D eigenvalue weighted by molar-refractivity contribution is 6.01. The van der Waals surface area contributed by atoms with E-state index in [-0.39, 0.29) is 11.7 Å². The van der Waals surface area contributed by atoms with Crippen LogP contribution in [0.5, 0.6) is 5.75 Å². The molecule has 0 fully saturated rings. The van der Waals surface area contributed by atoms with Crippen LogP contribution in [0.25, 0.3) is 0 Å². The second kappa shape index (κ2) is 9.77. The number of carbonyl (C=O) groups is 1. The highest BCUT2D eigenvalue weighted by atomic mass is 16.5. The Hall–Kier alpha value is -3.85. The molecule has 154 valence electrons. The Balaban J connectivity index is 1.58. The summed E-state index contributed by atoms with van der Waals surface area (Å²) in [5.41, 5.74) is 10.5. The van der Waals surface area contributed by atoms with Crippen LogP contribution in [0.3, 0.4) is 0 Å². The topological polar surface area (TPSA) is 52.3 Å². The van der Waals surface area contributed by atoms with Crippen LogP contribution in [-0.4, -0.2) is 5.78 Å². The summed E-state index contributed by atoms with van der Waals surface area (Å²) in [6.07, 6.45) is 0.569. The Morgan fingerprint density at radius 3 is 2.03 bits per heavy atom. The lowest BCUT2D eigenvalue weighted by Gasteiger charge is -2.18. The van der Waals surface area contributed by atoms with Crippen molar-refractivity contribution in [2.75, 3.05) is 5.73 Å². The van der Waals surface area contributed by atoms with E-state index in [0.29, 0.717) is 30.0 Å². The first-order valence-corrected chi connectivity index (χ1v) is 10.4. The molecule has 31 heavy (non-hydrogen) atoms. The number of ketones is 1. The van der Waals surface area contributed by atoms with E-state index in [1.807, 2.05) is 109 Å². The molecule has 0 radical (unpaired) electrons. The fourth-order valence-corrected chi connectivity index (χ4v) is 3.65. The number of Topliss-reactive ketones (excluding diaryl/α,β-unsaturated/α-hetero) is 1. The van der Waals surface area contributed by atoms with Gasteiger partial charge < -0.3 is 10.5 Å². The lowest BCUT2D eigenvalue weighted by molar-refractivity contribution is 0.0959. The van der Waals surface area contributed by atoms with E-state index < -0.39 is 0 Å². The molecule has 0 bridgehead atoms. The molecule has 0 saturated carbocycles. The number of benzene rings is 4. The summed E-state index contributed by atoms with van der Waals surface area (Å²) < 4.78 is 5.99. The third-order valence-corrected chi connectivity index (χ3v) is 5.33. The Morgan fingerprint density at radius 2 is 1.35 bits per heavy atom. The van der Waals surface area contributed by atoms with Gasteiger partial charge in [-0.15, -0.1) is 0 Å². The van der Waals surface area contributed by atoms with Crippen molar-refractivity contribution in [3.63, 3.8) is 0 Å². The van der Waals surface area contributed by atoms with Crippen LogP contribution in [0.15, 0.2) is 109 Å². The predicted molar refractivity (Wildman–Crippen MR) is 125 cm³/mol.